The van der Waals surface area contributed by atoms with Gasteiger partial charge in [-0.2, -0.15) is 5.10 Å². The largest absolute Gasteiger partial charge is 0.306 e. The number of rotatable bonds is 5. The molecule has 0 aliphatic heterocycles. The van der Waals surface area contributed by atoms with Gasteiger partial charge >= 0.3 is 0 Å². The lowest BCUT2D eigenvalue weighted by molar-refractivity contribution is 0.582. The standard InChI is InChI=1S/C15H20FN3/c1-4-8-17-15(12-6-5-7-13(16)9-12)14-10-18-19(3)11(14)2/h5-7,9-10,15,17H,4,8H2,1-3H3. The van der Waals surface area contributed by atoms with E-state index in [1.165, 1.54) is 6.07 Å². The third-order valence-electron chi connectivity index (χ3n) is 3.36. The van der Waals surface area contributed by atoms with Gasteiger partial charge in [0.15, 0.2) is 0 Å². The van der Waals surface area contributed by atoms with Gasteiger partial charge in [0.05, 0.1) is 12.2 Å². The number of aryl methyl sites for hydroxylation is 1. The van der Waals surface area contributed by atoms with E-state index < -0.39 is 0 Å². The number of hydrogen-bond acceptors (Lipinski definition) is 2. The Morgan fingerprint density at radius 1 is 1.42 bits per heavy atom. The highest BCUT2D eigenvalue weighted by Crippen LogP contribution is 2.25. The van der Waals surface area contributed by atoms with Crippen molar-refractivity contribution >= 4 is 0 Å². The zero-order valence-corrected chi connectivity index (χ0v) is 11.7. The Balaban J connectivity index is 2.38. The molecule has 0 saturated carbocycles. The van der Waals surface area contributed by atoms with E-state index in [0.717, 1.165) is 29.8 Å². The van der Waals surface area contributed by atoms with E-state index in [9.17, 15) is 4.39 Å². The number of halogens is 1. The van der Waals surface area contributed by atoms with Crippen molar-refractivity contribution in [2.45, 2.75) is 26.3 Å². The van der Waals surface area contributed by atoms with Crippen molar-refractivity contribution in [3.05, 3.63) is 53.1 Å². The van der Waals surface area contributed by atoms with Crippen molar-refractivity contribution in [3.63, 3.8) is 0 Å². The SMILES string of the molecule is CCCNC(c1cccc(F)c1)c1cnn(C)c1C. The van der Waals surface area contributed by atoms with Crippen molar-refractivity contribution in [1.82, 2.24) is 15.1 Å². The van der Waals surface area contributed by atoms with Gasteiger partial charge in [0.25, 0.3) is 0 Å². The van der Waals surface area contributed by atoms with Crippen molar-refractivity contribution in [3.8, 4) is 0 Å². The number of nitrogens with one attached hydrogen (secondary N) is 1. The minimum atomic E-state index is -0.206. The third kappa shape index (κ3) is 3.01. The molecule has 0 radical (unpaired) electrons. The highest BCUT2D eigenvalue weighted by Gasteiger charge is 2.18. The molecule has 0 amide bonds. The van der Waals surface area contributed by atoms with Crippen LogP contribution in [0, 0.1) is 12.7 Å². The van der Waals surface area contributed by atoms with Gasteiger partial charge in [-0.05, 0) is 37.6 Å². The molecule has 0 saturated heterocycles. The van der Waals surface area contributed by atoms with Gasteiger partial charge in [0.1, 0.15) is 5.82 Å². The zero-order valence-electron chi connectivity index (χ0n) is 11.7. The average molecular weight is 261 g/mol. The smallest absolute Gasteiger partial charge is 0.123 e. The number of benzene rings is 1. The van der Waals surface area contributed by atoms with E-state index in [0.29, 0.717) is 0 Å². The molecule has 1 unspecified atom stereocenters. The van der Waals surface area contributed by atoms with Crippen molar-refractivity contribution in [2.75, 3.05) is 6.54 Å². The fraction of sp³-hybridized carbons (Fsp3) is 0.400. The molecule has 0 aliphatic rings. The first-order valence-corrected chi connectivity index (χ1v) is 6.60. The van der Waals surface area contributed by atoms with Crippen molar-refractivity contribution in [2.24, 2.45) is 7.05 Å². The summed E-state index contributed by atoms with van der Waals surface area (Å²) in [6.07, 6.45) is 2.89. The Morgan fingerprint density at radius 3 is 2.79 bits per heavy atom. The van der Waals surface area contributed by atoms with E-state index in [1.54, 1.807) is 12.1 Å². The van der Waals surface area contributed by atoms with Crippen LogP contribution in [0.4, 0.5) is 4.39 Å². The van der Waals surface area contributed by atoms with Crippen LogP contribution in [0.1, 0.15) is 36.2 Å². The molecular weight excluding hydrogens is 241 g/mol. The van der Waals surface area contributed by atoms with Gasteiger partial charge in [0, 0.05) is 18.3 Å². The monoisotopic (exact) mass is 261 g/mol. The minimum Gasteiger partial charge on any atom is -0.306 e. The predicted octanol–water partition coefficient (Wildman–Crippen LogP) is 2.96. The number of nitrogens with zero attached hydrogens (tertiary/aromatic N) is 2. The summed E-state index contributed by atoms with van der Waals surface area (Å²) in [5, 5.41) is 7.74. The van der Waals surface area contributed by atoms with Crippen LogP contribution in [0.2, 0.25) is 0 Å². The second-order valence-corrected chi connectivity index (χ2v) is 4.75. The number of aromatic nitrogens is 2. The van der Waals surface area contributed by atoms with Crippen LogP contribution in [-0.2, 0) is 7.05 Å². The van der Waals surface area contributed by atoms with Crippen molar-refractivity contribution < 1.29 is 4.39 Å². The Kier molecular flexibility index (Phi) is 4.32. The molecule has 1 N–H and O–H groups in total. The van der Waals surface area contributed by atoms with Gasteiger partial charge in [-0.1, -0.05) is 19.1 Å². The van der Waals surface area contributed by atoms with Crippen LogP contribution < -0.4 is 5.32 Å². The average Bonchev–Trinajstić information content (AvgIpc) is 2.72. The van der Waals surface area contributed by atoms with E-state index in [-0.39, 0.29) is 11.9 Å². The molecule has 0 aliphatic carbocycles. The van der Waals surface area contributed by atoms with Crippen LogP contribution in [0.3, 0.4) is 0 Å². The lowest BCUT2D eigenvalue weighted by atomic mass is 9.99. The maximum Gasteiger partial charge on any atom is 0.123 e. The molecule has 1 heterocycles. The summed E-state index contributed by atoms with van der Waals surface area (Å²) in [7, 11) is 1.92. The minimum absolute atomic E-state index is 0.00986. The van der Waals surface area contributed by atoms with Gasteiger partial charge in [-0.25, -0.2) is 4.39 Å². The van der Waals surface area contributed by atoms with Crippen LogP contribution in [-0.4, -0.2) is 16.3 Å². The summed E-state index contributed by atoms with van der Waals surface area (Å²) < 4.78 is 15.3. The third-order valence-corrected chi connectivity index (χ3v) is 3.36. The fourth-order valence-electron chi connectivity index (χ4n) is 2.18. The van der Waals surface area contributed by atoms with Gasteiger partial charge < -0.3 is 5.32 Å². The quantitative estimate of drug-likeness (QED) is 0.896. The molecule has 1 aromatic carbocycles. The first kappa shape index (κ1) is 13.7. The molecule has 19 heavy (non-hydrogen) atoms. The molecule has 0 spiro atoms. The maximum absolute atomic E-state index is 13.4. The molecular formula is C15H20FN3. The number of hydrogen-bond donors (Lipinski definition) is 1. The molecule has 0 bridgehead atoms. The topological polar surface area (TPSA) is 29.9 Å². The fourth-order valence-corrected chi connectivity index (χ4v) is 2.18. The van der Waals surface area contributed by atoms with Crippen LogP contribution in [0.25, 0.3) is 0 Å². The Bertz CT molecular complexity index is 548. The van der Waals surface area contributed by atoms with E-state index in [2.05, 4.69) is 17.3 Å². The molecule has 2 rings (SSSR count). The normalized spacial score (nSPS) is 12.6. The Labute approximate surface area is 113 Å². The van der Waals surface area contributed by atoms with Gasteiger partial charge in [0.2, 0.25) is 0 Å². The summed E-state index contributed by atoms with van der Waals surface area (Å²) >= 11 is 0. The lowest BCUT2D eigenvalue weighted by Gasteiger charge is -2.19. The summed E-state index contributed by atoms with van der Waals surface area (Å²) in [4.78, 5) is 0. The van der Waals surface area contributed by atoms with Crippen LogP contribution >= 0.6 is 0 Å². The molecule has 0 fully saturated rings. The highest BCUT2D eigenvalue weighted by atomic mass is 19.1. The summed E-state index contributed by atoms with van der Waals surface area (Å²) in [5.74, 6) is -0.206. The molecule has 102 valence electrons. The highest BCUT2D eigenvalue weighted by molar-refractivity contribution is 5.33. The maximum atomic E-state index is 13.4. The summed E-state index contributed by atoms with van der Waals surface area (Å²) in [5.41, 5.74) is 3.13. The second-order valence-electron chi connectivity index (χ2n) is 4.75. The summed E-state index contributed by atoms with van der Waals surface area (Å²) in [6.45, 7) is 5.03. The van der Waals surface area contributed by atoms with Gasteiger partial charge in [-0.3, -0.25) is 4.68 Å². The molecule has 1 atom stereocenters. The van der Waals surface area contributed by atoms with Gasteiger partial charge in [-0.15, -0.1) is 0 Å². The van der Waals surface area contributed by atoms with E-state index >= 15 is 0 Å². The van der Waals surface area contributed by atoms with E-state index in [4.69, 9.17) is 0 Å². The first-order chi connectivity index (χ1) is 9.13. The summed E-state index contributed by atoms with van der Waals surface area (Å²) in [6, 6.07) is 6.74. The predicted molar refractivity (Wildman–Crippen MR) is 74.5 cm³/mol. The lowest BCUT2D eigenvalue weighted by Crippen LogP contribution is -2.23. The molecule has 1 aromatic heterocycles. The molecule has 4 heteroatoms. The van der Waals surface area contributed by atoms with E-state index in [1.807, 2.05) is 30.9 Å². The van der Waals surface area contributed by atoms with Crippen LogP contribution in [0.5, 0.6) is 0 Å². The van der Waals surface area contributed by atoms with Crippen molar-refractivity contribution in [1.29, 1.82) is 0 Å². The molecule has 3 nitrogen and oxygen atoms in total. The first-order valence-electron chi connectivity index (χ1n) is 6.60. The second kappa shape index (κ2) is 5.97. The zero-order chi connectivity index (χ0) is 13.8. The molecule has 2 aromatic rings. The Hall–Kier alpha value is -1.68. The van der Waals surface area contributed by atoms with Crippen LogP contribution in [0.15, 0.2) is 30.5 Å². The Morgan fingerprint density at radius 2 is 2.21 bits per heavy atom.